The smallest absolute Gasteiger partial charge is 0.387 e. The second-order valence-electron chi connectivity index (χ2n) is 7.90. The maximum atomic E-state index is 12.7. The summed E-state index contributed by atoms with van der Waals surface area (Å²) in [5.74, 6) is -0.345. The van der Waals surface area contributed by atoms with Gasteiger partial charge in [-0.1, -0.05) is 25.3 Å². The summed E-state index contributed by atoms with van der Waals surface area (Å²) in [5.41, 5.74) is 1.71. The molecule has 1 aliphatic carbocycles. The summed E-state index contributed by atoms with van der Waals surface area (Å²) in [6.45, 7) is -2.96. The van der Waals surface area contributed by atoms with Crippen molar-refractivity contribution in [3.63, 3.8) is 0 Å². The first-order valence-corrected chi connectivity index (χ1v) is 10.9. The maximum absolute atomic E-state index is 12.7. The molecular weight excluding hydrogens is 430 g/mol. The first kappa shape index (κ1) is 24.2. The molecule has 176 valence electrons. The minimum absolute atomic E-state index is 0.0205. The highest BCUT2D eigenvalue weighted by atomic mass is 19.3. The number of methoxy groups -OCH3 is 1. The van der Waals surface area contributed by atoms with Crippen LogP contribution in [0.15, 0.2) is 48.5 Å². The van der Waals surface area contributed by atoms with Crippen molar-refractivity contribution in [2.24, 2.45) is 0 Å². The van der Waals surface area contributed by atoms with Crippen molar-refractivity contribution in [1.29, 1.82) is 0 Å². The van der Waals surface area contributed by atoms with E-state index in [1.165, 1.54) is 43.9 Å². The van der Waals surface area contributed by atoms with E-state index in [1.807, 2.05) is 11.9 Å². The van der Waals surface area contributed by atoms with Gasteiger partial charge in [-0.25, -0.2) is 0 Å². The van der Waals surface area contributed by atoms with E-state index in [-0.39, 0.29) is 29.4 Å². The van der Waals surface area contributed by atoms with Crippen molar-refractivity contribution in [2.45, 2.75) is 44.8 Å². The van der Waals surface area contributed by atoms with Crippen LogP contribution in [-0.2, 0) is 4.79 Å². The second-order valence-corrected chi connectivity index (χ2v) is 7.90. The van der Waals surface area contributed by atoms with Gasteiger partial charge in [0.15, 0.2) is 11.5 Å². The van der Waals surface area contributed by atoms with E-state index in [4.69, 9.17) is 4.74 Å². The summed E-state index contributed by atoms with van der Waals surface area (Å²) in [5, 5.41) is 2.73. The Morgan fingerprint density at radius 1 is 1.06 bits per heavy atom. The molecule has 2 aromatic rings. The fraction of sp³-hybridized carbons (Fsp3) is 0.360. The number of halogens is 2. The van der Waals surface area contributed by atoms with Crippen LogP contribution in [0.3, 0.4) is 0 Å². The Morgan fingerprint density at radius 3 is 2.39 bits per heavy atom. The van der Waals surface area contributed by atoms with Crippen LogP contribution in [0.5, 0.6) is 11.5 Å². The number of nitrogens with zero attached hydrogens (tertiary/aromatic N) is 1. The summed E-state index contributed by atoms with van der Waals surface area (Å²) < 4.78 is 34.3. The van der Waals surface area contributed by atoms with Gasteiger partial charge in [-0.2, -0.15) is 8.78 Å². The van der Waals surface area contributed by atoms with E-state index in [0.717, 1.165) is 25.7 Å². The minimum Gasteiger partial charge on any atom is -0.493 e. The molecule has 1 fully saturated rings. The van der Waals surface area contributed by atoms with Crippen LogP contribution >= 0.6 is 0 Å². The van der Waals surface area contributed by atoms with Gasteiger partial charge < -0.3 is 19.7 Å². The van der Waals surface area contributed by atoms with Gasteiger partial charge in [0.1, 0.15) is 0 Å². The number of nitrogens with one attached hydrogen (secondary N) is 1. The molecule has 2 aromatic carbocycles. The SMILES string of the molecule is COc1cc(C=CC(=O)Nc2ccc(C(=O)N(C)C3CCCCC3)cc2)ccc1OC(F)F. The van der Waals surface area contributed by atoms with Gasteiger partial charge in [-0.15, -0.1) is 0 Å². The highest BCUT2D eigenvalue weighted by Gasteiger charge is 2.22. The molecule has 0 unspecified atom stereocenters. The van der Waals surface area contributed by atoms with Gasteiger partial charge in [0.2, 0.25) is 5.91 Å². The van der Waals surface area contributed by atoms with Gasteiger partial charge in [-0.05, 0) is 60.9 Å². The lowest BCUT2D eigenvalue weighted by Gasteiger charge is -2.31. The average Bonchev–Trinajstić information content (AvgIpc) is 2.83. The van der Waals surface area contributed by atoms with E-state index in [2.05, 4.69) is 10.1 Å². The molecule has 6 nitrogen and oxygen atoms in total. The van der Waals surface area contributed by atoms with E-state index in [0.29, 0.717) is 16.8 Å². The van der Waals surface area contributed by atoms with E-state index >= 15 is 0 Å². The fourth-order valence-corrected chi connectivity index (χ4v) is 3.87. The Morgan fingerprint density at radius 2 is 1.76 bits per heavy atom. The third-order valence-corrected chi connectivity index (χ3v) is 5.67. The Kier molecular flexibility index (Phi) is 8.40. The van der Waals surface area contributed by atoms with Gasteiger partial charge in [0.05, 0.1) is 7.11 Å². The first-order chi connectivity index (χ1) is 15.9. The van der Waals surface area contributed by atoms with Crippen molar-refractivity contribution >= 4 is 23.6 Å². The number of rotatable bonds is 8. The lowest BCUT2D eigenvalue weighted by atomic mass is 9.94. The lowest BCUT2D eigenvalue weighted by Crippen LogP contribution is -2.38. The molecule has 2 amide bonds. The van der Waals surface area contributed by atoms with Crippen LogP contribution < -0.4 is 14.8 Å². The van der Waals surface area contributed by atoms with Gasteiger partial charge >= 0.3 is 6.61 Å². The molecule has 0 radical (unpaired) electrons. The molecular formula is C25H28F2N2O4. The van der Waals surface area contributed by atoms with Crippen LogP contribution in [0.25, 0.3) is 6.08 Å². The third-order valence-electron chi connectivity index (χ3n) is 5.67. The number of carbonyl (C=O) groups excluding carboxylic acids is 2. The van der Waals surface area contributed by atoms with Crippen molar-refractivity contribution in [2.75, 3.05) is 19.5 Å². The van der Waals surface area contributed by atoms with Gasteiger partial charge in [0, 0.05) is 30.4 Å². The predicted octanol–water partition coefficient (Wildman–Crippen LogP) is 5.35. The Labute approximate surface area is 192 Å². The zero-order chi connectivity index (χ0) is 23.8. The summed E-state index contributed by atoms with van der Waals surface area (Å²) in [6, 6.07) is 11.4. The Balaban J connectivity index is 1.58. The number of hydrogen-bond donors (Lipinski definition) is 1. The van der Waals surface area contributed by atoms with Crippen LogP contribution in [0.1, 0.15) is 48.0 Å². The van der Waals surface area contributed by atoms with E-state index in [9.17, 15) is 18.4 Å². The number of amides is 2. The molecule has 0 saturated heterocycles. The quantitative estimate of drug-likeness (QED) is 0.542. The standard InChI is InChI=1S/C25H28F2N2O4/c1-29(20-6-4-3-5-7-20)24(31)18-10-12-19(13-11-18)28-23(30)15-9-17-8-14-21(33-25(26)27)22(16-17)32-2/h8-16,20,25H,3-7H2,1-2H3,(H,28,30). The number of ether oxygens (including phenoxy) is 2. The molecule has 1 aliphatic rings. The zero-order valence-corrected chi connectivity index (χ0v) is 18.7. The number of carbonyl (C=O) groups is 2. The van der Waals surface area contributed by atoms with Crippen molar-refractivity contribution in [3.05, 3.63) is 59.7 Å². The number of alkyl halides is 2. The fourth-order valence-electron chi connectivity index (χ4n) is 3.87. The number of benzene rings is 2. The first-order valence-electron chi connectivity index (χ1n) is 10.9. The van der Waals surface area contributed by atoms with Crippen LogP contribution in [0.4, 0.5) is 14.5 Å². The maximum Gasteiger partial charge on any atom is 0.387 e. The lowest BCUT2D eigenvalue weighted by molar-refractivity contribution is -0.111. The normalized spacial score (nSPS) is 14.3. The Hall–Kier alpha value is -3.42. The molecule has 0 atom stereocenters. The van der Waals surface area contributed by atoms with E-state index < -0.39 is 6.61 Å². The molecule has 0 aromatic heterocycles. The van der Waals surface area contributed by atoms with Crippen LogP contribution in [0, 0.1) is 0 Å². The molecule has 0 heterocycles. The van der Waals surface area contributed by atoms with Crippen molar-refractivity contribution in [3.8, 4) is 11.5 Å². The molecule has 0 bridgehead atoms. The average molecular weight is 459 g/mol. The van der Waals surface area contributed by atoms with Crippen molar-refractivity contribution < 1.29 is 27.8 Å². The van der Waals surface area contributed by atoms with Gasteiger partial charge in [0.25, 0.3) is 5.91 Å². The topological polar surface area (TPSA) is 67.9 Å². The summed E-state index contributed by atoms with van der Waals surface area (Å²) in [4.78, 5) is 26.8. The summed E-state index contributed by atoms with van der Waals surface area (Å²) in [7, 11) is 3.19. The van der Waals surface area contributed by atoms with E-state index in [1.54, 1.807) is 24.3 Å². The summed E-state index contributed by atoms with van der Waals surface area (Å²) in [6.07, 6.45) is 8.46. The number of hydrogen-bond acceptors (Lipinski definition) is 4. The molecule has 1 saturated carbocycles. The third kappa shape index (κ3) is 6.78. The number of anilines is 1. The highest BCUT2D eigenvalue weighted by Crippen LogP contribution is 2.30. The second kappa shape index (κ2) is 11.4. The van der Waals surface area contributed by atoms with Gasteiger partial charge in [-0.3, -0.25) is 9.59 Å². The molecule has 0 spiro atoms. The zero-order valence-electron chi connectivity index (χ0n) is 18.7. The molecule has 0 aliphatic heterocycles. The van der Waals surface area contributed by atoms with Crippen LogP contribution in [0.2, 0.25) is 0 Å². The molecule has 8 heteroatoms. The highest BCUT2D eigenvalue weighted by molar-refractivity contribution is 6.02. The molecule has 1 N–H and O–H groups in total. The van der Waals surface area contributed by atoms with Crippen molar-refractivity contribution in [1.82, 2.24) is 4.90 Å². The van der Waals surface area contributed by atoms with Crippen LogP contribution in [-0.4, -0.2) is 43.5 Å². The monoisotopic (exact) mass is 458 g/mol. The predicted molar refractivity (Wildman–Crippen MR) is 123 cm³/mol. The minimum atomic E-state index is -2.96. The largest absolute Gasteiger partial charge is 0.493 e. The Bertz CT molecular complexity index is 986. The molecule has 3 rings (SSSR count). The summed E-state index contributed by atoms with van der Waals surface area (Å²) >= 11 is 0. The molecule has 33 heavy (non-hydrogen) atoms.